The number of aryl methyl sites for hydroxylation is 2. The summed E-state index contributed by atoms with van der Waals surface area (Å²) in [4.78, 5) is 17.7. The molecule has 8 nitrogen and oxygen atoms in total. The van der Waals surface area contributed by atoms with Crippen molar-refractivity contribution >= 4 is 17.5 Å². The molecule has 0 atom stereocenters. The summed E-state index contributed by atoms with van der Waals surface area (Å²) in [5.74, 6) is 0.0516. The van der Waals surface area contributed by atoms with Crippen molar-refractivity contribution in [3.63, 3.8) is 0 Å². The lowest BCUT2D eigenvalue weighted by Gasteiger charge is -2.47. The quantitative estimate of drug-likeness (QED) is 0.510. The summed E-state index contributed by atoms with van der Waals surface area (Å²) in [6.07, 6.45) is 3.97. The maximum absolute atomic E-state index is 14.0. The fourth-order valence-corrected chi connectivity index (χ4v) is 5.59. The molecule has 2 saturated heterocycles. The van der Waals surface area contributed by atoms with Gasteiger partial charge in [0.05, 0.1) is 5.56 Å². The second-order valence-electron chi connectivity index (χ2n) is 9.96. The predicted octanol–water partition coefficient (Wildman–Crippen LogP) is 4.57. The third kappa shape index (κ3) is 4.63. The van der Waals surface area contributed by atoms with Crippen LogP contribution in [0.4, 0.5) is 4.39 Å². The zero-order chi connectivity index (χ0) is 25.4. The van der Waals surface area contributed by atoms with Gasteiger partial charge in [0, 0.05) is 32.7 Å². The zero-order valence-corrected chi connectivity index (χ0v) is 21.2. The molecule has 188 valence electrons. The van der Waals surface area contributed by atoms with Crippen LogP contribution in [-0.2, 0) is 13.6 Å². The Balaban J connectivity index is 1.21. The summed E-state index contributed by atoms with van der Waals surface area (Å²) in [6.45, 7) is 5.66. The SMILES string of the molecule is Cc1cc(-c2nn(C)c(Cl)c2C(=O)N2CCC3(CCN(Cc4ccc(C#N)c(F)c4)CC3)CC2)no1. The minimum atomic E-state index is -0.462. The molecule has 1 aromatic carbocycles. The van der Waals surface area contributed by atoms with E-state index in [0.29, 0.717) is 47.5 Å². The number of amides is 1. The van der Waals surface area contributed by atoms with Crippen LogP contribution in [0.2, 0.25) is 5.15 Å². The Morgan fingerprint density at radius 2 is 1.89 bits per heavy atom. The molecule has 2 aliphatic rings. The first-order chi connectivity index (χ1) is 17.3. The van der Waals surface area contributed by atoms with Gasteiger partial charge in [0.25, 0.3) is 5.91 Å². The second-order valence-corrected chi connectivity index (χ2v) is 10.3. The van der Waals surface area contributed by atoms with Gasteiger partial charge in [0.15, 0.2) is 0 Å². The van der Waals surface area contributed by atoms with E-state index >= 15 is 0 Å². The molecule has 0 N–H and O–H groups in total. The molecular formula is C26H28ClFN6O2. The first-order valence-corrected chi connectivity index (χ1v) is 12.5. The van der Waals surface area contributed by atoms with Gasteiger partial charge in [-0.1, -0.05) is 22.8 Å². The molecule has 5 rings (SSSR count). The number of halogens is 2. The van der Waals surface area contributed by atoms with Gasteiger partial charge in [0.2, 0.25) is 0 Å². The van der Waals surface area contributed by atoms with Crippen LogP contribution in [0.5, 0.6) is 0 Å². The number of hydrogen-bond acceptors (Lipinski definition) is 6. The molecule has 4 heterocycles. The highest BCUT2D eigenvalue weighted by Gasteiger charge is 2.39. The first-order valence-electron chi connectivity index (χ1n) is 12.1. The van der Waals surface area contributed by atoms with Crippen LogP contribution in [0.15, 0.2) is 28.8 Å². The van der Waals surface area contributed by atoms with Crippen LogP contribution in [0.1, 0.15) is 52.9 Å². The van der Waals surface area contributed by atoms with E-state index in [1.54, 1.807) is 26.1 Å². The molecule has 0 radical (unpaired) electrons. The molecule has 1 amide bonds. The zero-order valence-electron chi connectivity index (χ0n) is 20.4. The smallest absolute Gasteiger partial charge is 0.259 e. The van der Waals surface area contributed by atoms with Crippen LogP contribution in [0.3, 0.4) is 0 Å². The maximum Gasteiger partial charge on any atom is 0.259 e. The Morgan fingerprint density at radius 1 is 1.19 bits per heavy atom. The van der Waals surface area contributed by atoms with Crippen molar-refractivity contribution < 1.29 is 13.7 Å². The van der Waals surface area contributed by atoms with E-state index in [1.807, 2.05) is 17.0 Å². The number of nitrogens with zero attached hydrogens (tertiary/aromatic N) is 6. The average Bonchev–Trinajstić information content (AvgIpc) is 3.43. The van der Waals surface area contributed by atoms with Crippen LogP contribution in [0.25, 0.3) is 11.4 Å². The number of carbonyl (C=O) groups excluding carboxylic acids is 1. The summed E-state index contributed by atoms with van der Waals surface area (Å²) in [5, 5.41) is 17.7. The highest BCUT2D eigenvalue weighted by molar-refractivity contribution is 6.33. The van der Waals surface area contributed by atoms with Crippen LogP contribution in [-0.4, -0.2) is 56.8 Å². The van der Waals surface area contributed by atoms with Crippen molar-refractivity contribution in [3.8, 4) is 17.5 Å². The Bertz CT molecular complexity index is 1320. The molecule has 10 heteroatoms. The van der Waals surface area contributed by atoms with Gasteiger partial charge in [-0.05, 0) is 68.8 Å². The van der Waals surface area contributed by atoms with Gasteiger partial charge in [-0.25, -0.2) is 4.39 Å². The first kappa shape index (κ1) is 24.5. The highest BCUT2D eigenvalue weighted by Crippen LogP contribution is 2.42. The number of carbonyl (C=O) groups is 1. The van der Waals surface area contributed by atoms with Crippen molar-refractivity contribution in [1.29, 1.82) is 5.26 Å². The topological polar surface area (TPSA) is 91.2 Å². The number of rotatable bonds is 4. The molecular weight excluding hydrogens is 483 g/mol. The molecule has 36 heavy (non-hydrogen) atoms. The summed E-state index contributed by atoms with van der Waals surface area (Å²) in [6, 6.07) is 8.46. The third-order valence-electron chi connectivity index (χ3n) is 7.65. The van der Waals surface area contributed by atoms with Gasteiger partial charge in [-0.15, -0.1) is 0 Å². The van der Waals surface area contributed by atoms with E-state index in [0.717, 1.165) is 44.3 Å². The number of hydrogen-bond donors (Lipinski definition) is 0. The molecule has 2 aliphatic heterocycles. The van der Waals surface area contributed by atoms with Crippen molar-refractivity contribution in [2.45, 2.75) is 39.2 Å². The molecule has 0 bridgehead atoms. The fourth-order valence-electron chi connectivity index (χ4n) is 5.38. The number of benzene rings is 1. The predicted molar refractivity (Wildman–Crippen MR) is 132 cm³/mol. The van der Waals surface area contributed by atoms with Gasteiger partial charge < -0.3 is 9.42 Å². The minimum absolute atomic E-state index is 0.0773. The Labute approximate surface area is 214 Å². The summed E-state index contributed by atoms with van der Waals surface area (Å²) >= 11 is 6.49. The molecule has 0 unspecified atom stereocenters. The number of piperidine rings is 2. The van der Waals surface area contributed by atoms with Crippen LogP contribution in [0, 0.1) is 29.5 Å². The van der Waals surface area contributed by atoms with Crippen molar-refractivity contribution in [2.24, 2.45) is 12.5 Å². The Kier molecular flexibility index (Phi) is 6.58. The van der Waals surface area contributed by atoms with E-state index in [2.05, 4.69) is 15.2 Å². The van der Waals surface area contributed by atoms with Crippen molar-refractivity contribution in [2.75, 3.05) is 26.2 Å². The van der Waals surface area contributed by atoms with E-state index < -0.39 is 5.82 Å². The Hall–Kier alpha value is -3.22. The fraction of sp³-hybridized carbons (Fsp3) is 0.462. The molecule has 0 saturated carbocycles. The molecule has 2 fully saturated rings. The monoisotopic (exact) mass is 510 g/mol. The minimum Gasteiger partial charge on any atom is -0.361 e. The van der Waals surface area contributed by atoms with Crippen molar-refractivity contribution in [1.82, 2.24) is 24.7 Å². The Morgan fingerprint density at radius 3 is 2.50 bits per heavy atom. The largest absolute Gasteiger partial charge is 0.361 e. The number of likely N-dealkylation sites (tertiary alicyclic amines) is 2. The lowest BCUT2D eigenvalue weighted by atomic mass is 9.71. The third-order valence-corrected chi connectivity index (χ3v) is 8.08. The van der Waals surface area contributed by atoms with Crippen molar-refractivity contribution in [3.05, 3.63) is 57.7 Å². The lowest BCUT2D eigenvalue weighted by Crippen LogP contribution is -2.48. The summed E-state index contributed by atoms with van der Waals surface area (Å²) in [5.41, 5.74) is 2.49. The van der Waals surface area contributed by atoms with Gasteiger partial charge >= 0.3 is 0 Å². The molecule has 1 spiro atoms. The summed E-state index contributed by atoms with van der Waals surface area (Å²) < 4.78 is 20.6. The maximum atomic E-state index is 14.0. The molecule has 0 aliphatic carbocycles. The van der Waals surface area contributed by atoms with Crippen LogP contribution < -0.4 is 0 Å². The highest BCUT2D eigenvalue weighted by atomic mass is 35.5. The van der Waals surface area contributed by atoms with E-state index in [4.69, 9.17) is 21.4 Å². The normalized spacial score (nSPS) is 17.9. The molecule has 3 aromatic rings. The lowest BCUT2D eigenvalue weighted by molar-refractivity contribution is 0.0285. The van der Waals surface area contributed by atoms with E-state index in [1.165, 1.54) is 10.7 Å². The van der Waals surface area contributed by atoms with E-state index in [9.17, 15) is 9.18 Å². The average molecular weight is 511 g/mol. The second kappa shape index (κ2) is 9.68. The van der Waals surface area contributed by atoms with Gasteiger partial charge in [-0.2, -0.15) is 10.4 Å². The van der Waals surface area contributed by atoms with Crippen LogP contribution >= 0.6 is 11.6 Å². The van der Waals surface area contributed by atoms with E-state index in [-0.39, 0.29) is 16.9 Å². The standard InChI is InChI=1S/C26H28ClFN6O2/c1-17-13-21(31-36-17)23-22(24(27)32(2)30-23)25(35)34-11-7-26(8-12-34)5-9-33(10-6-26)16-18-3-4-19(15-29)20(28)14-18/h3-4,13-14H,5-12,16H2,1-2H3. The van der Waals surface area contributed by atoms with Gasteiger partial charge in [0.1, 0.15) is 39.8 Å². The van der Waals surface area contributed by atoms with Gasteiger partial charge in [-0.3, -0.25) is 14.4 Å². The number of aromatic nitrogens is 3. The summed E-state index contributed by atoms with van der Waals surface area (Å²) in [7, 11) is 1.71. The number of nitriles is 1. The molecule has 2 aromatic heterocycles.